The molecule has 28 heavy (non-hydrogen) atoms. The summed E-state index contributed by atoms with van der Waals surface area (Å²) in [6.45, 7) is 14.9. The SMILES string of the molecule is [C-]#[N+]c1cc(C(=O)Cc2cc(Cl)cc(CN3CCN[C@@H](C)C3)c2C)ccc1F. The quantitative estimate of drug-likeness (QED) is 0.591. The van der Waals surface area contributed by atoms with Crippen LogP contribution in [0.25, 0.3) is 4.85 Å². The molecule has 146 valence electrons. The molecule has 0 bridgehead atoms. The molecule has 2 aromatic carbocycles. The lowest BCUT2D eigenvalue weighted by Crippen LogP contribution is -2.48. The molecule has 2 aromatic rings. The molecule has 1 heterocycles. The fourth-order valence-corrected chi connectivity index (χ4v) is 3.85. The van der Waals surface area contributed by atoms with E-state index in [4.69, 9.17) is 18.2 Å². The zero-order valence-corrected chi connectivity index (χ0v) is 16.8. The molecule has 1 aliphatic heterocycles. The van der Waals surface area contributed by atoms with Crippen molar-refractivity contribution < 1.29 is 9.18 Å². The molecule has 0 spiro atoms. The second-order valence-electron chi connectivity index (χ2n) is 7.32. The van der Waals surface area contributed by atoms with Crippen molar-refractivity contribution in [2.45, 2.75) is 32.9 Å². The van der Waals surface area contributed by atoms with Crippen LogP contribution in [0.5, 0.6) is 0 Å². The van der Waals surface area contributed by atoms with Crippen LogP contribution in [0.3, 0.4) is 0 Å². The van der Waals surface area contributed by atoms with Crippen molar-refractivity contribution >= 4 is 23.1 Å². The molecule has 3 rings (SSSR count). The maximum Gasteiger partial charge on any atom is 0.222 e. The maximum atomic E-state index is 13.5. The van der Waals surface area contributed by atoms with Gasteiger partial charge in [-0.05, 0) is 54.8 Å². The van der Waals surface area contributed by atoms with Gasteiger partial charge in [0.05, 0.1) is 6.57 Å². The summed E-state index contributed by atoms with van der Waals surface area (Å²) in [5.41, 5.74) is 3.23. The van der Waals surface area contributed by atoms with Crippen LogP contribution in [0.1, 0.15) is 34.0 Å². The summed E-state index contributed by atoms with van der Waals surface area (Å²) < 4.78 is 13.5. The van der Waals surface area contributed by atoms with Gasteiger partial charge in [-0.15, -0.1) is 0 Å². The zero-order valence-electron chi connectivity index (χ0n) is 16.1. The van der Waals surface area contributed by atoms with Crippen molar-refractivity contribution in [2.24, 2.45) is 0 Å². The van der Waals surface area contributed by atoms with Crippen LogP contribution in [0.15, 0.2) is 30.3 Å². The lowest BCUT2D eigenvalue weighted by Gasteiger charge is -2.32. The van der Waals surface area contributed by atoms with Crippen molar-refractivity contribution in [1.82, 2.24) is 10.2 Å². The van der Waals surface area contributed by atoms with E-state index >= 15 is 0 Å². The summed E-state index contributed by atoms with van der Waals surface area (Å²) in [4.78, 5) is 18.2. The molecule has 0 radical (unpaired) electrons. The summed E-state index contributed by atoms with van der Waals surface area (Å²) >= 11 is 6.33. The fraction of sp³-hybridized carbons (Fsp3) is 0.364. The molecular weight excluding hydrogens is 377 g/mol. The first-order valence-electron chi connectivity index (χ1n) is 9.31. The average molecular weight is 400 g/mol. The van der Waals surface area contributed by atoms with Crippen LogP contribution < -0.4 is 5.32 Å². The van der Waals surface area contributed by atoms with Gasteiger partial charge in [-0.25, -0.2) is 9.24 Å². The highest BCUT2D eigenvalue weighted by molar-refractivity contribution is 6.30. The third kappa shape index (κ3) is 4.77. The topological polar surface area (TPSA) is 36.7 Å². The molecule has 0 aromatic heterocycles. The summed E-state index contributed by atoms with van der Waals surface area (Å²) in [5, 5.41) is 4.04. The van der Waals surface area contributed by atoms with Gasteiger partial charge < -0.3 is 5.32 Å². The van der Waals surface area contributed by atoms with Crippen molar-refractivity contribution in [3.63, 3.8) is 0 Å². The standard InChI is InChI=1S/C22H23ClFN3O/c1-14-12-27(7-6-26-14)13-18-9-19(23)8-17(15(18)2)11-22(28)16-4-5-20(24)21(10-16)25-3/h4-5,8-10,14,26H,6-7,11-13H2,1-2H3/t14-/m0/s1. The maximum absolute atomic E-state index is 13.5. The van der Waals surface area contributed by atoms with Crippen LogP contribution in [-0.2, 0) is 13.0 Å². The van der Waals surface area contributed by atoms with Crippen molar-refractivity contribution in [1.29, 1.82) is 0 Å². The third-order valence-corrected chi connectivity index (χ3v) is 5.39. The third-order valence-electron chi connectivity index (χ3n) is 5.17. The van der Waals surface area contributed by atoms with Crippen molar-refractivity contribution in [3.8, 4) is 0 Å². The van der Waals surface area contributed by atoms with E-state index in [1.165, 1.54) is 18.2 Å². The molecule has 4 nitrogen and oxygen atoms in total. The Labute approximate surface area is 170 Å². The molecule has 6 heteroatoms. The molecule has 0 saturated carbocycles. The van der Waals surface area contributed by atoms with Crippen molar-refractivity contribution in [3.05, 3.63) is 74.8 Å². The minimum absolute atomic E-state index is 0.137. The Morgan fingerprint density at radius 2 is 2.11 bits per heavy atom. The number of ketones is 1. The summed E-state index contributed by atoms with van der Waals surface area (Å²) in [7, 11) is 0. The van der Waals surface area contributed by atoms with Crippen molar-refractivity contribution in [2.75, 3.05) is 19.6 Å². The van der Waals surface area contributed by atoms with E-state index in [0.717, 1.165) is 42.9 Å². The molecule has 1 fully saturated rings. The smallest absolute Gasteiger partial charge is 0.222 e. The second-order valence-corrected chi connectivity index (χ2v) is 7.75. The number of hydrogen-bond donors (Lipinski definition) is 1. The van der Waals surface area contributed by atoms with Gasteiger partial charge in [-0.2, -0.15) is 0 Å². The van der Waals surface area contributed by atoms with E-state index in [1.54, 1.807) is 0 Å². The fourth-order valence-electron chi connectivity index (χ4n) is 3.59. The molecule has 1 N–H and O–H groups in total. The number of rotatable bonds is 5. The van der Waals surface area contributed by atoms with Crippen LogP contribution in [-0.4, -0.2) is 36.4 Å². The molecule has 1 aliphatic rings. The first-order valence-corrected chi connectivity index (χ1v) is 9.69. The van der Waals surface area contributed by atoms with Gasteiger partial charge in [-0.3, -0.25) is 9.69 Å². The molecule has 0 amide bonds. The highest BCUT2D eigenvalue weighted by Crippen LogP contribution is 2.25. The molecule has 1 atom stereocenters. The number of halogens is 2. The van der Waals surface area contributed by atoms with E-state index < -0.39 is 5.82 Å². The Bertz CT molecular complexity index is 938. The van der Waals surface area contributed by atoms with Gasteiger partial charge >= 0.3 is 0 Å². The number of benzene rings is 2. The van der Waals surface area contributed by atoms with Gasteiger partial charge in [0.1, 0.15) is 5.82 Å². The monoisotopic (exact) mass is 399 g/mol. The Hall–Kier alpha value is -2.26. The first-order chi connectivity index (χ1) is 13.4. The molecule has 0 unspecified atom stereocenters. The molecule has 0 aliphatic carbocycles. The molecular formula is C22H23ClFN3O. The van der Waals surface area contributed by atoms with Gasteiger partial charge in [0.25, 0.3) is 0 Å². The van der Waals surface area contributed by atoms with E-state index in [2.05, 4.69) is 22.0 Å². The van der Waals surface area contributed by atoms with E-state index in [0.29, 0.717) is 16.6 Å². The van der Waals surface area contributed by atoms with E-state index in [-0.39, 0.29) is 17.9 Å². The van der Waals surface area contributed by atoms with Gasteiger partial charge in [0.15, 0.2) is 5.78 Å². The largest absolute Gasteiger partial charge is 0.312 e. The number of carbonyl (C=O) groups is 1. The second kappa shape index (κ2) is 8.83. The lowest BCUT2D eigenvalue weighted by atomic mass is 9.95. The number of carbonyl (C=O) groups excluding carboxylic acids is 1. The summed E-state index contributed by atoms with van der Waals surface area (Å²) in [6.07, 6.45) is 0.167. The number of nitrogens with zero attached hydrogens (tertiary/aromatic N) is 2. The minimum atomic E-state index is -0.613. The van der Waals surface area contributed by atoms with Crippen LogP contribution in [0.2, 0.25) is 5.02 Å². The van der Waals surface area contributed by atoms with Crippen LogP contribution in [0, 0.1) is 19.3 Å². The predicted octanol–water partition coefficient (Wildman–Crippen LogP) is 4.56. The van der Waals surface area contributed by atoms with Gasteiger partial charge in [0, 0.05) is 49.2 Å². The Morgan fingerprint density at radius 1 is 1.36 bits per heavy atom. The lowest BCUT2D eigenvalue weighted by molar-refractivity contribution is 0.0992. The van der Waals surface area contributed by atoms with Crippen LogP contribution in [0.4, 0.5) is 10.1 Å². The Kier molecular flexibility index (Phi) is 6.46. The van der Waals surface area contributed by atoms with Gasteiger partial charge in [-0.1, -0.05) is 17.7 Å². The number of nitrogens with one attached hydrogen (secondary N) is 1. The van der Waals surface area contributed by atoms with E-state index in [1.807, 2.05) is 19.1 Å². The predicted molar refractivity (Wildman–Crippen MR) is 110 cm³/mol. The first kappa shape index (κ1) is 20.5. The molecule has 1 saturated heterocycles. The highest BCUT2D eigenvalue weighted by atomic mass is 35.5. The Balaban J connectivity index is 1.81. The Morgan fingerprint density at radius 3 is 2.82 bits per heavy atom. The van der Waals surface area contributed by atoms with Crippen LogP contribution >= 0.6 is 11.6 Å². The average Bonchev–Trinajstić information content (AvgIpc) is 2.65. The minimum Gasteiger partial charge on any atom is -0.312 e. The normalized spacial score (nSPS) is 17.3. The summed E-state index contributed by atoms with van der Waals surface area (Å²) in [5.74, 6) is -0.768. The number of piperazine rings is 1. The van der Waals surface area contributed by atoms with E-state index in [9.17, 15) is 9.18 Å². The zero-order chi connectivity index (χ0) is 20.3. The van der Waals surface area contributed by atoms with Gasteiger partial charge in [0.2, 0.25) is 5.69 Å². The number of Topliss-reactive ketones (excluding diaryl/α,β-unsaturated/α-hetero) is 1. The number of hydrogen-bond acceptors (Lipinski definition) is 3. The highest BCUT2D eigenvalue weighted by Gasteiger charge is 2.19. The summed E-state index contributed by atoms with van der Waals surface area (Å²) in [6, 6.07) is 8.14.